The number of carbonyl (C=O) groups is 1. The number of carbonyl (C=O) groups excluding carboxylic acids is 1. The Balaban J connectivity index is 2.21. The van der Waals surface area contributed by atoms with Gasteiger partial charge in [0.2, 0.25) is 0 Å². The zero-order chi connectivity index (χ0) is 14.0. The van der Waals surface area contributed by atoms with Crippen molar-refractivity contribution in [1.82, 2.24) is 4.98 Å². The first kappa shape index (κ1) is 13.6. The van der Waals surface area contributed by atoms with Crippen LogP contribution in [0.1, 0.15) is 29.0 Å². The number of hydrogen-bond acceptors (Lipinski definition) is 4. The summed E-state index contributed by atoms with van der Waals surface area (Å²) in [5.74, 6) is -2.70. The predicted octanol–water partition coefficient (Wildman–Crippen LogP) is 2.69. The van der Waals surface area contributed by atoms with E-state index in [1.165, 1.54) is 6.07 Å². The summed E-state index contributed by atoms with van der Waals surface area (Å²) >= 11 is 1.14. The zero-order valence-electron chi connectivity index (χ0n) is 9.98. The van der Waals surface area contributed by atoms with Crippen molar-refractivity contribution in [3.8, 4) is 0 Å². The van der Waals surface area contributed by atoms with Gasteiger partial charge in [0.05, 0.1) is 5.69 Å². The van der Waals surface area contributed by atoms with Crippen LogP contribution < -0.4 is 11.1 Å². The number of aromatic nitrogens is 1. The molecule has 2 aromatic rings. The summed E-state index contributed by atoms with van der Waals surface area (Å²) in [7, 11) is 0. The Morgan fingerprint density at radius 2 is 2.05 bits per heavy atom. The molecule has 0 bridgehead atoms. The Morgan fingerprint density at radius 3 is 2.58 bits per heavy atom. The minimum absolute atomic E-state index is 0.250. The number of halogens is 2. The molecule has 1 aromatic carbocycles. The van der Waals surface area contributed by atoms with E-state index in [1.807, 2.05) is 0 Å². The normalized spacial score (nSPS) is 12.2. The number of anilines is 1. The Hall–Kier alpha value is -1.86. The van der Waals surface area contributed by atoms with Gasteiger partial charge in [-0.25, -0.2) is 13.8 Å². The largest absolute Gasteiger partial charge is 0.323 e. The second kappa shape index (κ2) is 5.41. The van der Waals surface area contributed by atoms with Crippen LogP contribution in [0.3, 0.4) is 0 Å². The summed E-state index contributed by atoms with van der Waals surface area (Å²) in [6.07, 6.45) is 0. The molecule has 0 saturated carbocycles. The third-order valence-electron chi connectivity index (χ3n) is 2.40. The van der Waals surface area contributed by atoms with Gasteiger partial charge in [-0.3, -0.25) is 10.1 Å². The lowest BCUT2D eigenvalue weighted by Gasteiger charge is -2.04. The predicted molar refractivity (Wildman–Crippen MR) is 69.0 cm³/mol. The van der Waals surface area contributed by atoms with Crippen LogP contribution in [0.2, 0.25) is 0 Å². The van der Waals surface area contributed by atoms with Gasteiger partial charge in [-0.05, 0) is 19.1 Å². The molecule has 2 rings (SSSR count). The maximum absolute atomic E-state index is 13.4. The highest BCUT2D eigenvalue weighted by Crippen LogP contribution is 2.21. The number of rotatable bonds is 3. The van der Waals surface area contributed by atoms with E-state index < -0.39 is 23.1 Å². The van der Waals surface area contributed by atoms with Crippen molar-refractivity contribution >= 4 is 22.4 Å². The topological polar surface area (TPSA) is 68.0 Å². The standard InChI is InChI=1S/C12H11F2N3OS/c1-6(15)9-5-19-12(16-9)17-11(18)10-7(13)3-2-4-8(10)14/h2-6H,15H2,1H3,(H,16,17,18). The monoisotopic (exact) mass is 283 g/mol. The summed E-state index contributed by atoms with van der Waals surface area (Å²) in [6, 6.07) is 2.96. The first-order chi connectivity index (χ1) is 8.99. The molecule has 1 atom stereocenters. The van der Waals surface area contributed by atoms with Crippen molar-refractivity contribution in [2.45, 2.75) is 13.0 Å². The van der Waals surface area contributed by atoms with E-state index in [2.05, 4.69) is 10.3 Å². The number of hydrogen-bond donors (Lipinski definition) is 2. The second-order valence-corrected chi connectivity index (χ2v) is 4.78. The molecule has 19 heavy (non-hydrogen) atoms. The molecular formula is C12H11F2N3OS. The number of thiazole rings is 1. The quantitative estimate of drug-likeness (QED) is 0.910. The fourth-order valence-electron chi connectivity index (χ4n) is 1.43. The minimum atomic E-state index is -0.915. The molecule has 4 nitrogen and oxygen atoms in total. The summed E-state index contributed by atoms with van der Waals surface area (Å²) in [4.78, 5) is 15.8. The van der Waals surface area contributed by atoms with Gasteiger partial charge in [0, 0.05) is 11.4 Å². The van der Waals surface area contributed by atoms with E-state index in [0.717, 1.165) is 23.5 Å². The number of benzene rings is 1. The molecule has 1 unspecified atom stereocenters. The van der Waals surface area contributed by atoms with Crippen molar-refractivity contribution < 1.29 is 13.6 Å². The first-order valence-electron chi connectivity index (χ1n) is 5.45. The van der Waals surface area contributed by atoms with Crippen LogP contribution in [0.25, 0.3) is 0 Å². The highest BCUT2D eigenvalue weighted by Gasteiger charge is 2.18. The van der Waals surface area contributed by atoms with Gasteiger partial charge in [-0.15, -0.1) is 11.3 Å². The molecule has 3 N–H and O–H groups in total. The highest BCUT2D eigenvalue weighted by molar-refractivity contribution is 7.14. The van der Waals surface area contributed by atoms with Gasteiger partial charge in [0.1, 0.15) is 17.2 Å². The Labute approximate surface area is 112 Å². The molecular weight excluding hydrogens is 272 g/mol. The maximum atomic E-state index is 13.4. The summed E-state index contributed by atoms with van der Waals surface area (Å²) in [5, 5.41) is 4.28. The van der Waals surface area contributed by atoms with Gasteiger partial charge < -0.3 is 5.73 Å². The Morgan fingerprint density at radius 1 is 1.42 bits per heavy atom. The lowest BCUT2D eigenvalue weighted by atomic mass is 10.2. The molecule has 0 aliphatic carbocycles. The van der Waals surface area contributed by atoms with Crippen LogP contribution in [0.5, 0.6) is 0 Å². The molecule has 0 fully saturated rings. The van der Waals surface area contributed by atoms with Crippen molar-refractivity contribution in [1.29, 1.82) is 0 Å². The number of nitrogens with two attached hydrogens (primary N) is 1. The maximum Gasteiger partial charge on any atom is 0.263 e. The zero-order valence-corrected chi connectivity index (χ0v) is 10.8. The molecule has 7 heteroatoms. The average molecular weight is 283 g/mol. The molecule has 0 aliphatic heterocycles. The first-order valence-corrected chi connectivity index (χ1v) is 6.33. The van der Waals surface area contributed by atoms with E-state index in [4.69, 9.17) is 5.73 Å². The van der Waals surface area contributed by atoms with E-state index in [-0.39, 0.29) is 11.2 Å². The molecule has 0 radical (unpaired) electrons. The van der Waals surface area contributed by atoms with Gasteiger partial charge in [0.25, 0.3) is 5.91 Å². The third-order valence-corrected chi connectivity index (χ3v) is 3.17. The number of nitrogens with zero attached hydrogens (tertiary/aromatic N) is 1. The fraction of sp³-hybridized carbons (Fsp3) is 0.167. The van der Waals surface area contributed by atoms with E-state index in [9.17, 15) is 13.6 Å². The van der Waals surface area contributed by atoms with Gasteiger partial charge in [-0.2, -0.15) is 0 Å². The van der Waals surface area contributed by atoms with Gasteiger partial charge >= 0.3 is 0 Å². The lowest BCUT2D eigenvalue weighted by molar-refractivity contribution is 0.101. The molecule has 0 saturated heterocycles. The Kier molecular flexibility index (Phi) is 3.87. The third kappa shape index (κ3) is 2.94. The van der Waals surface area contributed by atoms with E-state index >= 15 is 0 Å². The Bertz CT molecular complexity index is 593. The molecule has 0 spiro atoms. The van der Waals surface area contributed by atoms with Crippen molar-refractivity contribution in [2.24, 2.45) is 5.73 Å². The van der Waals surface area contributed by atoms with Crippen molar-refractivity contribution in [3.63, 3.8) is 0 Å². The van der Waals surface area contributed by atoms with Gasteiger partial charge in [-0.1, -0.05) is 6.07 Å². The SMILES string of the molecule is CC(N)c1csc(NC(=O)c2c(F)cccc2F)n1. The molecule has 0 aliphatic rings. The molecule has 1 heterocycles. The van der Waals surface area contributed by atoms with Crippen LogP contribution in [0.15, 0.2) is 23.6 Å². The number of amides is 1. The minimum Gasteiger partial charge on any atom is -0.323 e. The van der Waals surface area contributed by atoms with Crippen LogP contribution in [0.4, 0.5) is 13.9 Å². The summed E-state index contributed by atoms with van der Waals surface area (Å²) < 4.78 is 26.8. The molecule has 1 amide bonds. The van der Waals surface area contributed by atoms with Crippen LogP contribution in [-0.2, 0) is 0 Å². The van der Waals surface area contributed by atoms with Crippen molar-refractivity contribution in [2.75, 3.05) is 5.32 Å². The van der Waals surface area contributed by atoms with E-state index in [0.29, 0.717) is 5.69 Å². The molecule has 1 aromatic heterocycles. The smallest absolute Gasteiger partial charge is 0.263 e. The van der Waals surface area contributed by atoms with Crippen molar-refractivity contribution in [3.05, 3.63) is 46.5 Å². The van der Waals surface area contributed by atoms with Crippen LogP contribution in [0, 0.1) is 11.6 Å². The second-order valence-electron chi connectivity index (χ2n) is 3.92. The van der Waals surface area contributed by atoms with Crippen LogP contribution in [-0.4, -0.2) is 10.9 Å². The summed E-state index contributed by atoms with van der Waals surface area (Å²) in [6.45, 7) is 1.75. The fourth-order valence-corrected chi connectivity index (χ4v) is 2.24. The molecule has 100 valence electrons. The highest BCUT2D eigenvalue weighted by atomic mass is 32.1. The van der Waals surface area contributed by atoms with E-state index in [1.54, 1.807) is 12.3 Å². The van der Waals surface area contributed by atoms with Gasteiger partial charge in [0.15, 0.2) is 5.13 Å². The van der Waals surface area contributed by atoms with Crippen LogP contribution >= 0.6 is 11.3 Å². The summed E-state index contributed by atoms with van der Waals surface area (Å²) in [5.41, 5.74) is 5.61. The number of nitrogens with one attached hydrogen (secondary N) is 1. The lowest BCUT2D eigenvalue weighted by Crippen LogP contribution is -2.16. The average Bonchev–Trinajstić information content (AvgIpc) is 2.77.